The number of ether oxygens (including phenoxy) is 3. The molecule has 0 aliphatic carbocycles. The zero-order valence-corrected chi connectivity index (χ0v) is 34.9. The Hall–Kier alpha value is -3.77. The molecule has 4 aliphatic heterocycles. The van der Waals surface area contributed by atoms with Crippen LogP contribution in [0.1, 0.15) is 54.5 Å². The highest BCUT2D eigenvalue weighted by Gasteiger charge is 2.41. The number of carbonyl (C=O) groups excluding carboxylic acids is 3. The summed E-state index contributed by atoms with van der Waals surface area (Å²) in [6.07, 6.45) is 2.37. The lowest BCUT2D eigenvalue weighted by atomic mass is 9.97. The van der Waals surface area contributed by atoms with Crippen LogP contribution in [0.25, 0.3) is 11.4 Å². The molecule has 0 unspecified atom stereocenters. The van der Waals surface area contributed by atoms with E-state index in [2.05, 4.69) is 57.6 Å². The molecule has 4 fully saturated rings. The topological polar surface area (TPSA) is 155 Å². The summed E-state index contributed by atoms with van der Waals surface area (Å²) in [5.74, 6) is -0.422. The van der Waals surface area contributed by atoms with Gasteiger partial charge in [0.2, 0.25) is 5.91 Å². The Kier molecular flexibility index (Phi) is 13.6. The molecule has 3 aromatic heterocycles. The van der Waals surface area contributed by atoms with E-state index >= 15 is 0 Å². The maximum Gasteiger partial charge on any atom is 0.410 e. The first kappa shape index (κ1) is 41.9. The summed E-state index contributed by atoms with van der Waals surface area (Å²) in [6, 6.07) is 9.30. The van der Waals surface area contributed by atoms with Crippen LogP contribution in [0.2, 0.25) is 10.3 Å². The van der Waals surface area contributed by atoms with Crippen molar-refractivity contribution in [2.75, 3.05) is 72.7 Å². The van der Waals surface area contributed by atoms with Crippen LogP contribution in [-0.2, 0) is 19.0 Å². The van der Waals surface area contributed by atoms with Crippen molar-refractivity contribution in [1.82, 2.24) is 44.9 Å². The molecule has 1 N–H and O–H groups in total. The molecule has 0 aromatic carbocycles. The highest BCUT2D eigenvalue weighted by molar-refractivity contribution is 9.10. The van der Waals surface area contributed by atoms with Gasteiger partial charge in [-0.05, 0) is 84.2 Å². The fourth-order valence-electron chi connectivity index (χ4n) is 7.40. The van der Waals surface area contributed by atoms with Gasteiger partial charge in [-0.2, -0.15) is 0 Å². The third kappa shape index (κ3) is 10.2. The molecule has 3 aromatic rings. The molecular weight excluding hydrogens is 829 g/mol. The molecule has 7 rings (SSSR count). The lowest BCUT2D eigenvalue weighted by Gasteiger charge is -2.48. The average molecular weight is 876 g/mol. The maximum atomic E-state index is 12.6. The molecule has 3 amide bonds. The molecule has 0 radical (unpaired) electrons. The first-order chi connectivity index (χ1) is 26.7. The van der Waals surface area contributed by atoms with E-state index in [-0.39, 0.29) is 47.8 Å². The van der Waals surface area contributed by atoms with E-state index < -0.39 is 5.60 Å². The van der Waals surface area contributed by atoms with Crippen molar-refractivity contribution in [2.45, 2.75) is 50.5 Å². The monoisotopic (exact) mass is 873 g/mol. The zero-order valence-electron chi connectivity index (χ0n) is 31.8. The highest BCUT2D eigenvalue weighted by Crippen LogP contribution is 2.35. The van der Waals surface area contributed by atoms with Crippen LogP contribution in [-0.4, -0.2) is 148 Å². The van der Waals surface area contributed by atoms with Crippen LogP contribution in [0.5, 0.6) is 0 Å². The first-order valence-corrected chi connectivity index (χ1v) is 19.9. The number of carbonyl (C=O) groups is 3. The Morgan fingerprint density at radius 3 is 2.04 bits per heavy atom. The summed E-state index contributed by atoms with van der Waals surface area (Å²) in [6.45, 7) is 15.6. The smallest absolute Gasteiger partial charge is 0.410 e. The van der Waals surface area contributed by atoms with Crippen molar-refractivity contribution in [3.63, 3.8) is 0 Å². The van der Waals surface area contributed by atoms with Gasteiger partial charge in [-0.25, -0.2) is 24.7 Å². The van der Waals surface area contributed by atoms with E-state index in [1.807, 2.05) is 45.0 Å². The SMILES string of the molecule is C=CC(=O)N1C[C@@H]2COCCN2[C@@H](c2cc(Cl)nc(-c3cc(C(=O)NC)ncn3)c2)C1.CC(C)(C)OC(=O)N1C[C@@H]2COCCN2[C@H](c2cc(Cl)nc(Br)c2)C1. The fourth-order valence-corrected chi connectivity index (χ4v) is 8.39. The molecule has 7 heterocycles. The van der Waals surface area contributed by atoms with E-state index in [1.165, 1.54) is 19.5 Å². The van der Waals surface area contributed by atoms with Gasteiger partial charge in [0.15, 0.2) is 0 Å². The standard InChI is InChI=1S/C21H23ClN6O3.C17H23BrClN3O3/c1-3-20(29)27-9-14-11-31-5-4-28(14)18(10-27)13-6-16(26-19(22)7-13)15-8-17(21(30)23-2)25-12-24-15;1-17(2,3)25-16(23)21-8-12-10-24-5-4-22(12)13(9-21)11-6-14(18)20-15(19)7-11/h3,6-8,12,14,18H,1,4-5,9-11H2,2H3,(H,23,30);6-7,12-13H,4-5,8-10H2,1-3H3/t14-,18-;12-,13+/m11/s1. The third-order valence-electron chi connectivity index (χ3n) is 9.89. The predicted molar refractivity (Wildman–Crippen MR) is 213 cm³/mol. The van der Waals surface area contributed by atoms with Gasteiger partial charge in [-0.1, -0.05) is 29.8 Å². The molecule has 4 aliphatic rings. The first-order valence-electron chi connectivity index (χ1n) is 18.3. The number of fused-ring (bicyclic) bond motifs is 2. The van der Waals surface area contributed by atoms with Crippen molar-refractivity contribution >= 4 is 57.0 Å². The van der Waals surface area contributed by atoms with Gasteiger partial charge < -0.3 is 29.3 Å². The molecule has 15 nitrogen and oxygen atoms in total. The third-order valence-corrected chi connectivity index (χ3v) is 10.7. The van der Waals surface area contributed by atoms with Gasteiger partial charge in [0.25, 0.3) is 5.91 Å². The second-order valence-electron chi connectivity index (χ2n) is 14.8. The summed E-state index contributed by atoms with van der Waals surface area (Å²) >= 11 is 15.9. The van der Waals surface area contributed by atoms with E-state index in [9.17, 15) is 14.4 Å². The second-order valence-corrected chi connectivity index (χ2v) is 16.4. The highest BCUT2D eigenvalue weighted by atomic mass is 79.9. The summed E-state index contributed by atoms with van der Waals surface area (Å²) in [5.41, 5.74) is 2.70. The lowest BCUT2D eigenvalue weighted by molar-refractivity contribution is -0.135. The molecule has 0 bridgehead atoms. The van der Waals surface area contributed by atoms with Gasteiger partial charge in [0.1, 0.15) is 32.5 Å². The van der Waals surface area contributed by atoms with E-state index in [4.69, 9.17) is 37.4 Å². The summed E-state index contributed by atoms with van der Waals surface area (Å²) < 4.78 is 17.5. The van der Waals surface area contributed by atoms with Crippen molar-refractivity contribution in [2.24, 2.45) is 0 Å². The number of hydrogen-bond acceptors (Lipinski definition) is 12. The van der Waals surface area contributed by atoms with Crippen LogP contribution >= 0.6 is 39.1 Å². The minimum atomic E-state index is -0.518. The fraction of sp³-hybridized carbons (Fsp3) is 0.500. The predicted octanol–water partition coefficient (Wildman–Crippen LogP) is 4.81. The second kappa shape index (κ2) is 18.2. The Morgan fingerprint density at radius 2 is 1.45 bits per heavy atom. The quantitative estimate of drug-likeness (QED) is 0.276. The van der Waals surface area contributed by atoms with Gasteiger partial charge in [-0.3, -0.25) is 19.4 Å². The number of pyridine rings is 2. The van der Waals surface area contributed by atoms with Crippen molar-refractivity contribution in [3.05, 3.63) is 81.0 Å². The van der Waals surface area contributed by atoms with Gasteiger partial charge in [0.05, 0.1) is 62.0 Å². The molecule has 56 heavy (non-hydrogen) atoms. The minimum absolute atomic E-state index is 0.0342. The number of amides is 3. The number of aromatic nitrogens is 4. The van der Waals surface area contributed by atoms with Crippen molar-refractivity contribution in [3.8, 4) is 11.4 Å². The van der Waals surface area contributed by atoms with Crippen molar-refractivity contribution < 1.29 is 28.6 Å². The number of nitrogens with one attached hydrogen (secondary N) is 1. The van der Waals surface area contributed by atoms with Crippen LogP contribution in [0.3, 0.4) is 0 Å². The minimum Gasteiger partial charge on any atom is -0.444 e. The molecule has 4 saturated heterocycles. The average Bonchev–Trinajstić information content (AvgIpc) is 3.18. The lowest BCUT2D eigenvalue weighted by Crippen LogP contribution is -2.60. The van der Waals surface area contributed by atoms with Crippen LogP contribution in [0.15, 0.2) is 53.9 Å². The Bertz CT molecular complexity index is 1920. The Balaban J connectivity index is 0.000000194. The van der Waals surface area contributed by atoms with Gasteiger partial charge >= 0.3 is 6.09 Å². The van der Waals surface area contributed by atoms with Crippen LogP contribution in [0.4, 0.5) is 4.79 Å². The molecule has 18 heteroatoms. The number of piperazine rings is 2. The molecule has 0 spiro atoms. The molecule has 300 valence electrons. The number of rotatable bonds is 5. The maximum absolute atomic E-state index is 12.6. The van der Waals surface area contributed by atoms with Crippen LogP contribution in [0, 0.1) is 0 Å². The summed E-state index contributed by atoms with van der Waals surface area (Å²) in [5, 5.41) is 3.29. The summed E-state index contributed by atoms with van der Waals surface area (Å²) in [7, 11) is 1.54. The number of nitrogens with zero attached hydrogens (tertiary/aromatic N) is 8. The largest absolute Gasteiger partial charge is 0.444 e. The van der Waals surface area contributed by atoms with E-state index in [0.29, 0.717) is 78.9 Å². The molecule has 4 atom stereocenters. The van der Waals surface area contributed by atoms with E-state index in [0.717, 1.165) is 24.2 Å². The van der Waals surface area contributed by atoms with Crippen molar-refractivity contribution in [1.29, 1.82) is 0 Å². The van der Waals surface area contributed by atoms with Gasteiger partial charge in [-0.15, -0.1) is 0 Å². The summed E-state index contributed by atoms with van der Waals surface area (Å²) in [4.78, 5) is 62.1. The number of hydrogen-bond donors (Lipinski definition) is 1. The Morgan fingerprint density at radius 1 is 0.857 bits per heavy atom. The molecular formula is C38H46BrCl2N9O6. The Labute approximate surface area is 344 Å². The normalized spacial score (nSPS) is 22.8. The number of halogens is 3. The zero-order chi connectivity index (χ0) is 40.1. The van der Waals surface area contributed by atoms with E-state index in [1.54, 1.807) is 15.9 Å². The van der Waals surface area contributed by atoms with Crippen LogP contribution < -0.4 is 5.32 Å². The molecule has 0 saturated carbocycles. The van der Waals surface area contributed by atoms with Gasteiger partial charge in [0, 0.05) is 46.3 Å². The number of morpholine rings is 2.